The van der Waals surface area contributed by atoms with E-state index in [4.69, 9.17) is 10.3 Å². The van der Waals surface area contributed by atoms with Crippen LogP contribution in [0.3, 0.4) is 0 Å². The highest BCUT2D eigenvalue weighted by Gasteiger charge is 2.06. The Labute approximate surface area is 43.3 Å². The topological polar surface area (TPSA) is 40.5 Å². The molecular formula is C4H12NO2+. The fraction of sp³-hybridized carbons (Fsp3) is 1.00. The van der Waals surface area contributed by atoms with Crippen molar-refractivity contribution in [3.63, 3.8) is 0 Å². The fourth-order valence-electron chi connectivity index (χ4n) is 0.245. The van der Waals surface area contributed by atoms with Crippen molar-refractivity contribution in [3.8, 4) is 0 Å². The number of rotatable bonds is 2. The van der Waals surface area contributed by atoms with E-state index in [1.165, 1.54) is 0 Å². The van der Waals surface area contributed by atoms with Gasteiger partial charge in [-0.15, -0.1) is 0 Å². The minimum Gasteiger partial charge on any atom is -0.390 e. The van der Waals surface area contributed by atoms with E-state index >= 15 is 0 Å². The average Bonchev–Trinajstić information content (AvgIpc) is 1.30. The lowest BCUT2D eigenvalue weighted by atomic mass is 10.6. The van der Waals surface area contributed by atoms with E-state index in [0.717, 1.165) is 0 Å². The van der Waals surface area contributed by atoms with Gasteiger partial charge in [-0.2, -0.15) is 4.65 Å². The highest BCUT2D eigenvalue weighted by atomic mass is 16.5. The molecule has 0 aliphatic rings. The Kier molecular flexibility index (Phi) is 2.22. The highest BCUT2D eigenvalue weighted by molar-refractivity contribution is 4.14. The maximum absolute atomic E-state index is 8.80. The SMILES string of the molecule is C[N+](C)(O)CCO. The third kappa shape index (κ3) is 5.88. The number of likely N-dealkylation sites (N-methyl/N-ethyl adjacent to an activating group) is 1. The Morgan fingerprint density at radius 2 is 1.86 bits per heavy atom. The molecule has 0 atom stereocenters. The third-order valence-corrected chi connectivity index (χ3v) is 0.647. The van der Waals surface area contributed by atoms with Crippen LogP contribution in [-0.2, 0) is 0 Å². The van der Waals surface area contributed by atoms with E-state index in [2.05, 4.69) is 0 Å². The van der Waals surface area contributed by atoms with Gasteiger partial charge in [0.25, 0.3) is 0 Å². The molecule has 44 valence electrons. The van der Waals surface area contributed by atoms with Gasteiger partial charge in [0, 0.05) is 0 Å². The molecule has 0 aromatic rings. The van der Waals surface area contributed by atoms with E-state index in [-0.39, 0.29) is 11.3 Å². The fourth-order valence-corrected chi connectivity index (χ4v) is 0.245. The summed E-state index contributed by atoms with van der Waals surface area (Å²) in [6.07, 6.45) is 0. The van der Waals surface area contributed by atoms with E-state index in [9.17, 15) is 0 Å². The molecule has 2 N–H and O–H groups in total. The van der Waals surface area contributed by atoms with Crippen LogP contribution < -0.4 is 0 Å². The van der Waals surface area contributed by atoms with Crippen LogP contribution in [0.4, 0.5) is 0 Å². The molecule has 0 aromatic carbocycles. The van der Waals surface area contributed by atoms with Crippen molar-refractivity contribution in [2.45, 2.75) is 0 Å². The molecule has 0 unspecified atom stereocenters. The standard InChI is InChI=1S/C4H12NO2/c1-5(2,7)3-4-6/h6-7H,3-4H2,1-2H3/q+1. The van der Waals surface area contributed by atoms with E-state index in [1.807, 2.05) is 0 Å². The van der Waals surface area contributed by atoms with Crippen molar-refractivity contribution in [1.29, 1.82) is 0 Å². The zero-order valence-corrected chi connectivity index (χ0v) is 4.76. The number of nitrogens with zero attached hydrogens (tertiary/aromatic N) is 1. The van der Waals surface area contributed by atoms with Gasteiger partial charge < -0.3 is 5.11 Å². The summed E-state index contributed by atoms with van der Waals surface area (Å²) in [4.78, 5) is 0. The van der Waals surface area contributed by atoms with Gasteiger partial charge in [0.05, 0.1) is 20.7 Å². The maximum Gasteiger partial charge on any atom is 0.131 e. The van der Waals surface area contributed by atoms with Gasteiger partial charge in [-0.25, -0.2) is 5.21 Å². The first-order valence-corrected chi connectivity index (χ1v) is 2.23. The first-order chi connectivity index (χ1) is 3.06. The largest absolute Gasteiger partial charge is 0.390 e. The lowest BCUT2D eigenvalue weighted by molar-refractivity contribution is -1.07. The molecule has 0 spiro atoms. The second-order valence-corrected chi connectivity index (χ2v) is 2.07. The molecule has 0 saturated heterocycles. The molecule has 3 nitrogen and oxygen atoms in total. The number of quaternary nitrogens is 1. The van der Waals surface area contributed by atoms with E-state index < -0.39 is 0 Å². The second-order valence-electron chi connectivity index (χ2n) is 2.07. The quantitative estimate of drug-likeness (QED) is 0.366. The lowest BCUT2D eigenvalue weighted by Crippen LogP contribution is -2.37. The minimum atomic E-state index is -0.156. The molecule has 0 saturated carbocycles. The van der Waals surface area contributed by atoms with Crippen LogP contribution in [0.5, 0.6) is 0 Å². The Morgan fingerprint density at radius 1 is 1.43 bits per heavy atom. The van der Waals surface area contributed by atoms with Crippen LogP contribution in [-0.4, -0.2) is 42.2 Å². The van der Waals surface area contributed by atoms with Crippen LogP contribution in [0.25, 0.3) is 0 Å². The summed E-state index contributed by atoms with van der Waals surface area (Å²) in [6.45, 7) is 0.420. The first kappa shape index (κ1) is 6.88. The molecule has 3 heteroatoms. The Bertz CT molecular complexity index is 48.1. The van der Waals surface area contributed by atoms with Gasteiger partial charge in [-0.1, -0.05) is 0 Å². The Balaban J connectivity index is 3.15. The van der Waals surface area contributed by atoms with Crippen molar-refractivity contribution < 1.29 is 15.0 Å². The molecule has 7 heavy (non-hydrogen) atoms. The lowest BCUT2D eigenvalue weighted by Gasteiger charge is -2.16. The molecule has 0 amide bonds. The van der Waals surface area contributed by atoms with Crippen molar-refractivity contribution >= 4 is 0 Å². The number of aliphatic hydroxyl groups is 1. The zero-order chi connectivity index (χ0) is 5.91. The monoisotopic (exact) mass is 106 g/mol. The molecule has 0 aromatic heterocycles. The first-order valence-electron chi connectivity index (χ1n) is 2.23. The van der Waals surface area contributed by atoms with E-state index in [1.54, 1.807) is 14.1 Å². The van der Waals surface area contributed by atoms with Crippen LogP contribution in [0.2, 0.25) is 0 Å². The zero-order valence-electron chi connectivity index (χ0n) is 4.76. The van der Waals surface area contributed by atoms with Gasteiger partial charge in [0.1, 0.15) is 6.54 Å². The van der Waals surface area contributed by atoms with E-state index in [0.29, 0.717) is 6.54 Å². The van der Waals surface area contributed by atoms with Crippen LogP contribution in [0.15, 0.2) is 0 Å². The predicted octanol–water partition coefficient (Wildman–Crippen LogP) is -0.556. The summed E-state index contributed by atoms with van der Waals surface area (Å²) in [5, 5.41) is 17.0. The summed E-state index contributed by atoms with van der Waals surface area (Å²) in [7, 11) is 3.21. The van der Waals surface area contributed by atoms with Crippen molar-refractivity contribution in [3.05, 3.63) is 0 Å². The summed E-state index contributed by atoms with van der Waals surface area (Å²) in [5.41, 5.74) is 0. The summed E-state index contributed by atoms with van der Waals surface area (Å²) in [5.74, 6) is 0. The number of hydrogen-bond donors (Lipinski definition) is 2. The van der Waals surface area contributed by atoms with Crippen LogP contribution in [0, 0.1) is 0 Å². The number of hydrogen-bond acceptors (Lipinski definition) is 2. The van der Waals surface area contributed by atoms with Crippen molar-refractivity contribution in [2.24, 2.45) is 0 Å². The highest BCUT2D eigenvalue weighted by Crippen LogP contribution is 1.83. The molecule has 0 bridgehead atoms. The van der Waals surface area contributed by atoms with Gasteiger partial charge >= 0.3 is 0 Å². The second kappa shape index (κ2) is 2.26. The van der Waals surface area contributed by atoms with Crippen LogP contribution in [0.1, 0.15) is 0 Å². The molecule has 0 aliphatic heterocycles. The minimum absolute atomic E-state index is 0.0312. The van der Waals surface area contributed by atoms with Gasteiger partial charge in [0.15, 0.2) is 0 Å². The molecule has 0 aliphatic carbocycles. The number of aliphatic hydroxyl groups excluding tert-OH is 1. The number of hydroxylamine groups is 3. The average molecular weight is 106 g/mol. The normalized spacial score (nSPS) is 12.0. The molecule has 0 fully saturated rings. The van der Waals surface area contributed by atoms with Gasteiger partial charge in [0.2, 0.25) is 0 Å². The van der Waals surface area contributed by atoms with Crippen LogP contribution >= 0.6 is 0 Å². The van der Waals surface area contributed by atoms with Gasteiger partial charge in [-0.3, -0.25) is 0 Å². The summed E-state index contributed by atoms with van der Waals surface area (Å²) in [6, 6.07) is 0. The molecule has 0 radical (unpaired) electrons. The maximum atomic E-state index is 8.80. The van der Waals surface area contributed by atoms with Crippen molar-refractivity contribution in [2.75, 3.05) is 27.2 Å². The predicted molar refractivity (Wildman–Crippen MR) is 25.8 cm³/mol. The molecular weight excluding hydrogens is 94.0 g/mol. The van der Waals surface area contributed by atoms with Gasteiger partial charge in [-0.05, 0) is 0 Å². The molecule has 0 heterocycles. The summed E-state index contributed by atoms with van der Waals surface area (Å²) >= 11 is 0. The Morgan fingerprint density at radius 3 is 1.86 bits per heavy atom. The Hall–Kier alpha value is -0.120. The molecule has 0 rings (SSSR count). The smallest absolute Gasteiger partial charge is 0.131 e. The van der Waals surface area contributed by atoms with Crippen molar-refractivity contribution in [1.82, 2.24) is 0 Å². The third-order valence-electron chi connectivity index (χ3n) is 0.647. The summed E-state index contributed by atoms with van der Waals surface area (Å²) < 4.78 is -0.156.